The fraction of sp³-hybridized carbons (Fsp3) is 0.700. The number of halogens is 3. The van der Waals surface area contributed by atoms with Crippen LogP contribution in [0.25, 0.3) is 0 Å². The van der Waals surface area contributed by atoms with Crippen LogP contribution in [0.5, 0.6) is 0 Å². The minimum Gasteiger partial charge on any atom is -0.370 e. The lowest BCUT2D eigenvalue weighted by Crippen LogP contribution is -2.40. The van der Waals surface area contributed by atoms with Crippen molar-refractivity contribution >= 4 is 0 Å². The average Bonchev–Trinajstić information content (AvgIpc) is 2.67. The number of imidazole rings is 1. The van der Waals surface area contributed by atoms with Crippen molar-refractivity contribution in [2.75, 3.05) is 13.2 Å². The van der Waals surface area contributed by atoms with Crippen LogP contribution in [0.3, 0.4) is 0 Å². The second-order valence-corrected chi connectivity index (χ2v) is 3.99. The first-order valence-corrected chi connectivity index (χ1v) is 5.49. The molecule has 5 nitrogen and oxygen atoms in total. The zero-order valence-corrected chi connectivity index (χ0v) is 10.1. The molecule has 0 fully saturated rings. The summed E-state index contributed by atoms with van der Waals surface area (Å²) in [4.78, 5) is 4.12. The summed E-state index contributed by atoms with van der Waals surface area (Å²) in [6.45, 7) is -1.34. The number of nitrogens with zero attached hydrogens (tertiary/aromatic N) is 2. The molecule has 104 valence electrons. The van der Waals surface area contributed by atoms with E-state index in [0.29, 0.717) is 12.8 Å². The Morgan fingerprint density at radius 2 is 2.28 bits per heavy atom. The van der Waals surface area contributed by atoms with Gasteiger partial charge in [-0.2, -0.15) is 13.2 Å². The van der Waals surface area contributed by atoms with E-state index in [9.17, 15) is 13.2 Å². The molecule has 1 aromatic rings. The Labute approximate surface area is 103 Å². The summed E-state index contributed by atoms with van der Waals surface area (Å²) < 4.78 is 42.1. The van der Waals surface area contributed by atoms with Gasteiger partial charge in [0.2, 0.25) is 0 Å². The average molecular weight is 266 g/mol. The van der Waals surface area contributed by atoms with E-state index in [4.69, 9.17) is 5.84 Å². The van der Waals surface area contributed by atoms with Crippen LogP contribution in [-0.4, -0.2) is 35.0 Å². The number of aromatic nitrogens is 2. The summed E-state index contributed by atoms with van der Waals surface area (Å²) in [5.74, 6) is 6.11. The van der Waals surface area contributed by atoms with Gasteiger partial charge in [0.1, 0.15) is 12.4 Å². The zero-order chi connectivity index (χ0) is 13.6. The van der Waals surface area contributed by atoms with Gasteiger partial charge in [0.05, 0.1) is 6.61 Å². The predicted octanol–water partition coefficient (Wildman–Crippen LogP) is 0.764. The van der Waals surface area contributed by atoms with Gasteiger partial charge in [0.15, 0.2) is 0 Å². The molecule has 0 spiro atoms. The molecule has 1 rings (SSSR count). The van der Waals surface area contributed by atoms with Crippen LogP contribution in [-0.2, 0) is 18.2 Å². The van der Waals surface area contributed by atoms with Crippen LogP contribution in [0.2, 0.25) is 0 Å². The van der Waals surface area contributed by atoms with E-state index in [1.165, 1.54) is 0 Å². The number of nitrogens with two attached hydrogens (primary N) is 1. The van der Waals surface area contributed by atoms with Gasteiger partial charge < -0.3 is 9.30 Å². The Kier molecular flexibility index (Phi) is 5.57. The van der Waals surface area contributed by atoms with E-state index in [0.717, 1.165) is 5.82 Å². The maximum atomic E-state index is 11.9. The van der Waals surface area contributed by atoms with E-state index < -0.39 is 12.8 Å². The van der Waals surface area contributed by atoms with Gasteiger partial charge in [-0.25, -0.2) is 4.98 Å². The Morgan fingerprint density at radius 3 is 2.78 bits per heavy atom. The first kappa shape index (κ1) is 14.9. The molecule has 0 aromatic carbocycles. The molecule has 8 heteroatoms. The van der Waals surface area contributed by atoms with Crippen molar-refractivity contribution in [2.24, 2.45) is 12.9 Å². The lowest BCUT2D eigenvalue weighted by atomic mass is 10.1. The summed E-state index contributed by atoms with van der Waals surface area (Å²) in [5, 5.41) is 0. The van der Waals surface area contributed by atoms with Crippen LogP contribution in [0.1, 0.15) is 12.2 Å². The standard InChI is InChI=1S/C10H17F3N4O/c1-17-5-4-15-9(17)3-2-8(16-14)6-18-7-10(11,12)13/h4-5,8,16H,2-3,6-7,14H2,1H3. The van der Waals surface area contributed by atoms with Crippen LogP contribution in [0, 0.1) is 0 Å². The molecule has 1 heterocycles. The molecular formula is C10H17F3N4O. The van der Waals surface area contributed by atoms with Crippen LogP contribution in [0.4, 0.5) is 13.2 Å². The zero-order valence-electron chi connectivity index (χ0n) is 10.1. The summed E-state index contributed by atoms with van der Waals surface area (Å²) >= 11 is 0. The molecule has 3 N–H and O–H groups in total. The maximum absolute atomic E-state index is 11.9. The van der Waals surface area contributed by atoms with Gasteiger partial charge in [-0.1, -0.05) is 0 Å². The number of ether oxygens (including phenoxy) is 1. The molecule has 1 atom stereocenters. The topological polar surface area (TPSA) is 65.1 Å². The van der Waals surface area contributed by atoms with Crippen molar-refractivity contribution < 1.29 is 17.9 Å². The van der Waals surface area contributed by atoms with Crippen molar-refractivity contribution in [3.63, 3.8) is 0 Å². The van der Waals surface area contributed by atoms with Crippen molar-refractivity contribution in [3.8, 4) is 0 Å². The fourth-order valence-corrected chi connectivity index (χ4v) is 1.47. The second-order valence-electron chi connectivity index (χ2n) is 3.99. The van der Waals surface area contributed by atoms with Gasteiger partial charge in [-0.3, -0.25) is 11.3 Å². The van der Waals surface area contributed by atoms with E-state index in [2.05, 4.69) is 15.1 Å². The molecule has 1 aromatic heterocycles. The highest BCUT2D eigenvalue weighted by molar-refractivity contribution is 4.91. The highest BCUT2D eigenvalue weighted by Crippen LogP contribution is 2.14. The highest BCUT2D eigenvalue weighted by atomic mass is 19.4. The number of hydrogen-bond donors (Lipinski definition) is 2. The van der Waals surface area contributed by atoms with Gasteiger partial charge in [-0.05, 0) is 6.42 Å². The molecular weight excluding hydrogens is 249 g/mol. The Morgan fingerprint density at radius 1 is 1.56 bits per heavy atom. The highest BCUT2D eigenvalue weighted by Gasteiger charge is 2.27. The summed E-state index contributed by atoms with van der Waals surface area (Å²) in [7, 11) is 1.85. The lowest BCUT2D eigenvalue weighted by molar-refractivity contribution is -0.175. The number of hydrazine groups is 1. The Bertz CT molecular complexity index is 353. The summed E-state index contributed by atoms with van der Waals surface area (Å²) in [6.07, 6.45) is 0.340. The van der Waals surface area contributed by atoms with Gasteiger partial charge in [-0.15, -0.1) is 0 Å². The third-order valence-electron chi connectivity index (χ3n) is 2.46. The summed E-state index contributed by atoms with van der Waals surface area (Å²) in [5.41, 5.74) is 2.44. The molecule has 1 unspecified atom stereocenters. The third kappa shape index (κ3) is 5.48. The molecule has 0 aliphatic rings. The van der Waals surface area contributed by atoms with Crippen LogP contribution in [0.15, 0.2) is 12.4 Å². The van der Waals surface area contributed by atoms with E-state index in [-0.39, 0.29) is 12.6 Å². The number of alkyl halides is 3. The first-order chi connectivity index (χ1) is 8.42. The largest absolute Gasteiger partial charge is 0.411 e. The van der Waals surface area contributed by atoms with E-state index in [1.54, 1.807) is 12.4 Å². The van der Waals surface area contributed by atoms with Crippen molar-refractivity contribution in [1.82, 2.24) is 15.0 Å². The number of rotatable bonds is 7. The minimum atomic E-state index is -4.31. The molecule has 18 heavy (non-hydrogen) atoms. The van der Waals surface area contributed by atoms with Crippen molar-refractivity contribution in [2.45, 2.75) is 25.1 Å². The van der Waals surface area contributed by atoms with Crippen molar-refractivity contribution in [1.29, 1.82) is 0 Å². The van der Waals surface area contributed by atoms with Crippen LogP contribution < -0.4 is 11.3 Å². The molecule has 0 amide bonds. The lowest BCUT2D eigenvalue weighted by Gasteiger charge is -2.16. The normalized spacial score (nSPS) is 13.8. The Hall–Kier alpha value is -1.12. The SMILES string of the molecule is Cn1ccnc1CCC(COCC(F)(F)F)NN. The summed E-state index contributed by atoms with van der Waals surface area (Å²) in [6, 6.07) is -0.330. The molecule has 0 saturated carbocycles. The third-order valence-corrected chi connectivity index (χ3v) is 2.46. The monoisotopic (exact) mass is 266 g/mol. The first-order valence-electron chi connectivity index (χ1n) is 5.49. The molecule has 0 saturated heterocycles. The predicted molar refractivity (Wildman–Crippen MR) is 59.5 cm³/mol. The quantitative estimate of drug-likeness (QED) is 0.565. The van der Waals surface area contributed by atoms with Crippen LogP contribution >= 0.6 is 0 Å². The molecule has 0 bridgehead atoms. The van der Waals surface area contributed by atoms with E-state index in [1.807, 2.05) is 11.6 Å². The molecule has 0 aliphatic carbocycles. The molecule has 0 aliphatic heterocycles. The smallest absolute Gasteiger partial charge is 0.370 e. The van der Waals surface area contributed by atoms with E-state index >= 15 is 0 Å². The number of aryl methyl sites for hydroxylation is 2. The van der Waals surface area contributed by atoms with Crippen molar-refractivity contribution in [3.05, 3.63) is 18.2 Å². The van der Waals surface area contributed by atoms with Gasteiger partial charge in [0.25, 0.3) is 0 Å². The van der Waals surface area contributed by atoms with Gasteiger partial charge >= 0.3 is 6.18 Å². The maximum Gasteiger partial charge on any atom is 0.411 e. The minimum absolute atomic E-state index is 0.0829. The Balaban J connectivity index is 2.28. The van der Waals surface area contributed by atoms with Gasteiger partial charge in [0, 0.05) is 31.9 Å². The number of hydrogen-bond acceptors (Lipinski definition) is 4. The number of nitrogens with one attached hydrogen (secondary N) is 1. The fourth-order valence-electron chi connectivity index (χ4n) is 1.47. The second kappa shape index (κ2) is 6.72. The molecule has 0 radical (unpaired) electrons.